The zero-order chi connectivity index (χ0) is 15.6. The number of pyridine rings is 1. The summed E-state index contributed by atoms with van der Waals surface area (Å²) in [6, 6.07) is 5.77. The Morgan fingerprint density at radius 1 is 1.33 bits per heavy atom. The fourth-order valence-corrected chi connectivity index (χ4v) is 2.76. The van der Waals surface area contributed by atoms with Crippen LogP contribution in [0.3, 0.4) is 0 Å². The Morgan fingerprint density at radius 3 is 2.67 bits per heavy atom. The molecule has 0 aliphatic heterocycles. The Labute approximate surface area is 123 Å². The van der Waals surface area contributed by atoms with Crippen molar-refractivity contribution in [2.24, 2.45) is 0 Å². The Hall–Kier alpha value is -2.37. The number of nitrogens with one attached hydrogen (secondary N) is 2. The molecule has 2 N–H and O–H groups in total. The lowest BCUT2D eigenvalue weighted by Gasteiger charge is -2.08. The standard InChI is InChI=1S/C12H7ClFN3O3S/c13-10-4-9(6-16-12(10)18)21(19,20)17-8-1-2-11(14)7(3-8)5-15/h1-4,6,17H,(H,16,18). The van der Waals surface area contributed by atoms with Crippen LogP contribution in [0.15, 0.2) is 40.2 Å². The highest BCUT2D eigenvalue weighted by Gasteiger charge is 2.16. The van der Waals surface area contributed by atoms with Crippen molar-refractivity contribution in [3.8, 4) is 6.07 Å². The van der Waals surface area contributed by atoms with Crippen molar-refractivity contribution >= 4 is 27.3 Å². The van der Waals surface area contributed by atoms with E-state index in [2.05, 4.69) is 9.71 Å². The van der Waals surface area contributed by atoms with Crippen LogP contribution in [0.1, 0.15) is 5.56 Å². The molecule has 21 heavy (non-hydrogen) atoms. The Morgan fingerprint density at radius 2 is 2.05 bits per heavy atom. The van der Waals surface area contributed by atoms with Crippen molar-refractivity contribution in [3.63, 3.8) is 0 Å². The van der Waals surface area contributed by atoms with Crippen molar-refractivity contribution in [3.05, 3.63) is 57.2 Å². The lowest BCUT2D eigenvalue weighted by atomic mass is 10.2. The zero-order valence-corrected chi connectivity index (χ0v) is 11.8. The van der Waals surface area contributed by atoms with Crippen LogP contribution < -0.4 is 10.3 Å². The first kappa shape index (κ1) is 15.0. The molecule has 0 saturated carbocycles. The largest absolute Gasteiger partial charge is 0.326 e. The smallest absolute Gasteiger partial charge is 0.266 e. The van der Waals surface area contributed by atoms with Crippen LogP contribution >= 0.6 is 11.6 Å². The molecule has 1 heterocycles. The van der Waals surface area contributed by atoms with Crippen LogP contribution in [-0.4, -0.2) is 13.4 Å². The number of aromatic amines is 1. The lowest BCUT2D eigenvalue weighted by Crippen LogP contribution is -2.16. The second kappa shape index (κ2) is 5.55. The molecule has 1 aromatic heterocycles. The molecule has 6 nitrogen and oxygen atoms in total. The molecular formula is C12H7ClFN3O3S. The van der Waals surface area contributed by atoms with E-state index in [1.807, 2.05) is 0 Å². The average molecular weight is 328 g/mol. The van der Waals surface area contributed by atoms with Crippen molar-refractivity contribution in [1.82, 2.24) is 4.98 Å². The average Bonchev–Trinajstić information content (AvgIpc) is 2.43. The van der Waals surface area contributed by atoms with E-state index in [4.69, 9.17) is 16.9 Å². The third kappa shape index (κ3) is 3.21. The minimum absolute atomic E-state index is 0.00951. The molecule has 0 saturated heterocycles. The summed E-state index contributed by atoms with van der Waals surface area (Å²) in [6.45, 7) is 0. The van der Waals surface area contributed by atoms with Crippen molar-refractivity contribution in [2.75, 3.05) is 4.72 Å². The Balaban J connectivity index is 2.40. The quantitative estimate of drug-likeness (QED) is 0.897. The number of rotatable bonds is 3. The van der Waals surface area contributed by atoms with E-state index in [9.17, 15) is 17.6 Å². The maximum absolute atomic E-state index is 13.2. The van der Waals surface area contributed by atoms with E-state index in [0.29, 0.717) is 0 Å². The van der Waals surface area contributed by atoms with Crippen LogP contribution in [0.2, 0.25) is 5.02 Å². The molecule has 1 aromatic carbocycles. The fourth-order valence-electron chi connectivity index (χ4n) is 1.48. The summed E-state index contributed by atoms with van der Waals surface area (Å²) >= 11 is 5.56. The highest BCUT2D eigenvalue weighted by molar-refractivity contribution is 7.92. The summed E-state index contributed by atoms with van der Waals surface area (Å²) in [4.78, 5) is 13.0. The predicted molar refractivity (Wildman–Crippen MR) is 74.0 cm³/mol. The molecule has 0 fully saturated rings. The molecule has 9 heteroatoms. The molecule has 0 unspecified atom stereocenters. The number of hydrogen-bond acceptors (Lipinski definition) is 4. The number of anilines is 1. The first-order valence-corrected chi connectivity index (χ1v) is 7.30. The van der Waals surface area contributed by atoms with Gasteiger partial charge in [0.1, 0.15) is 21.8 Å². The van der Waals surface area contributed by atoms with E-state index in [0.717, 1.165) is 24.4 Å². The van der Waals surface area contributed by atoms with Crippen LogP contribution in [0.4, 0.5) is 10.1 Å². The summed E-state index contributed by atoms with van der Waals surface area (Å²) in [7, 11) is -4.03. The van der Waals surface area contributed by atoms with Crippen LogP contribution in [0, 0.1) is 17.1 Å². The Bertz CT molecular complexity index is 903. The van der Waals surface area contributed by atoms with Crippen molar-refractivity contribution < 1.29 is 12.8 Å². The normalized spacial score (nSPS) is 10.9. The molecule has 2 aromatic rings. The maximum atomic E-state index is 13.2. The summed E-state index contributed by atoms with van der Waals surface area (Å²) in [5.74, 6) is -0.757. The first-order chi connectivity index (χ1) is 9.83. The summed E-state index contributed by atoms with van der Waals surface area (Å²) < 4.78 is 39.5. The third-order valence-electron chi connectivity index (χ3n) is 2.48. The van der Waals surface area contributed by atoms with Gasteiger partial charge in [0.25, 0.3) is 15.6 Å². The molecule has 0 radical (unpaired) electrons. The van der Waals surface area contributed by atoms with Crippen molar-refractivity contribution in [1.29, 1.82) is 5.26 Å². The number of nitrogens with zero attached hydrogens (tertiary/aromatic N) is 1. The molecule has 0 bridgehead atoms. The van der Waals surface area contributed by atoms with Gasteiger partial charge in [-0.05, 0) is 24.3 Å². The van der Waals surface area contributed by atoms with Gasteiger partial charge in [-0.15, -0.1) is 0 Å². The minimum atomic E-state index is -4.03. The van der Waals surface area contributed by atoms with E-state index in [-0.39, 0.29) is 21.2 Å². The van der Waals surface area contributed by atoms with Gasteiger partial charge >= 0.3 is 0 Å². The predicted octanol–water partition coefficient (Wildman–Crippen LogP) is 1.84. The molecule has 0 amide bonds. The molecule has 0 aliphatic carbocycles. The highest BCUT2D eigenvalue weighted by Crippen LogP contribution is 2.19. The lowest BCUT2D eigenvalue weighted by molar-refractivity contribution is 0.600. The SMILES string of the molecule is N#Cc1cc(NS(=O)(=O)c2c[nH]c(=O)c(Cl)c2)ccc1F. The van der Waals surface area contributed by atoms with Crippen molar-refractivity contribution in [2.45, 2.75) is 4.90 Å². The number of hydrogen-bond donors (Lipinski definition) is 2. The van der Waals surface area contributed by atoms with Gasteiger partial charge in [0.15, 0.2) is 0 Å². The molecule has 0 atom stereocenters. The van der Waals surface area contributed by atoms with E-state index in [1.165, 1.54) is 6.07 Å². The number of benzene rings is 1. The third-order valence-corrected chi connectivity index (χ3v) is 4.12. The van der Waals surface area contributed by atoms with E-state index < -0.39 is 21.4 Å². The number of nitriles is 1. The van der Waals surface area contributed by atoms with Gasteiger partial charge in [0, 0.05) is 6.20 Å². The van der Waals surface area contributed by atoms with Gasteiger partial charge < -0.3 is 4.98 Å². The summed E-state index contributed by atoms with van der Waals surface area (Å²) in [5, 5.41) is 8.42. The maximum Gasteiger partial charge on any atom is 0.266 e. The van der Waals surface area contributed by atoms with Crippen LogP contribution in [0.25, 0.3) is 0 Å². The van der Waals surface area contributed by atoms with Gasteiger partial charge in [0.2, 0.25) is 0 Å². The molecule has 2 rings (SSSR count). The zero-order valence-electron chi connectivity index (χ0n) is 10.2. The van der Waals surface area contributed by atoms with Gasteiger partial charge in [-0.25, -0.2) is 12.8 Å². The van der Waals surface area contributed by atoms with E-state index >= 15 is 0 Å². The molecule has 0 aliphatic rings. The monoisotopic (exact) mass is 327 g/mol. The first-order valence-electron chi connectivity index (χ1n) is 5.44. The van der Waals surface area contributed by atoms with Gasteiger partial charge in [-0.1, -0.05) is 11.6 Å². The minimum Gasteiger partial charge on any atom is -0.326 e. The number of aromatic nitrogens is 1. The summed E-state index contributed by atoms with van der Waals surface area (Å²) in [5.41, 5.74) is -0.908. The molecule has 108 valence electrons. The van der Waals surface area contributed by atoms with Gasteiger partial charge in [-0.2, -0.15) is 5.26 Å². The van der Waals surface area contributed by atoms with Gasteiger partial charge in [-0.3, -0.25) is 9.52 Å². The van der Waals surface area contributed by atoms with Crippen LogP contribution in [0.5, 0.6) is 0 Å². The number of H-pyrrole nitrogens is 1. The highest BCUT2D eigenvalue weighted by atomic mass is 35.5. The van der Waals surface area contributed by atoms with Crippen LogP contribution in [-0.2, 0) is 10.0 Å². The fraction of sp³-hybridized carbons (Fsp3) is 0. The Kier molecular flexibility index (Phi) is 3.97. The molecule has 0 spiro atoms. The summed E-state index contributed by atoms with van der Waals surface area (Å²) in [6.07, 6.45) is 0.977. The second-order valence-corrected chi connectivity index (χ2v) is 6.01. The topological polar surface area (TPSA) is 103 Å². The molecular weight excluding hydrogens is 321 g/mol. The van der Waals surface area contributed by atoms with Gasteiger partial charge in [0.05, 0.1) is 11.3 Å². The second-order valence-electron chi connectivity index (χ2n) is 3.92. The van der Waals surface area contributed by atoms with E-state index in [1.54, 1.807) is 6.07 Å². The number of halogens is 2. The number of sulfonamides is 1.